The second-order valence-electron chi connectivity index (χ2n) is 5.18. The Morgan fingerprint density at radius 1 is 1.21 bits per heavy atom. The maximum Gasteiger partial charge on any atom is 0.251 e. The summed E-state index contributed by atoms with van der Waals surface area (Å²) in [5.41, 5.74) is 0.717. The van der Waals surface area contributed by atoms with Crippen LogP contribution < -0.4 is 9.62 Å². The number of amides is 1. The Labute approximate surface area is 112 Å². The Bertz CT molecular complexity index is 633. The quantitative estimate of drug-likeness (QED) is 0.818. The lowest BCUT2D eigenvalue weighted by Gasteiger charge is -2.32. The topological polar surface area (TPSA) is 66.5 Å². The van der Waals surface area contributed by atoms with Crippen molar-refractivity contribution in [3.63, 3.8) is 0 Å². The number of sulfonamides is 1. The molecule has 6 heteroatoms. The molecule has 3 rings (SSSR count). The number of hydrogen-bond donors (Lipinski definition) is 1. The average molecular weight is 280 g/mol. The molecule has 0 bridgehead atoms. The fraction of sp³-hybridized carbons (Fsp3) is 0.462. The van der Waals surface area contributed by atoms with E-state index in [4.69, 9.17) is 0 Å². The molecule has 1 spiro atoms. The maximum absolute atomic E-state index is 12.7. The summed E-state index contributed by atoms with van der Waals surface area (Å²) in [6, 6.07) is 7.22. The number of fused-ring (bicyclic) bond motifs is 2. The molecule has 0 radical (unpaired) electrons. The average Bonchev–Trinajstić information content (AvgIpc) is 2.61. The standard InChI is InChI=1S/C13H16N2O3S/c1-19(17,18)15-11-5-3-2-4-10(11)13(12(15)16)6-8-14-9-7-13/h2-5,14H,6-9H2,1H3. The summed E-state index contributed by atoms with van der Waals surface area (Å²) in [7, 11) is -3.58. The van der Waals surface area contributed by atoms with Gasteiger partial charge in [0.05, 0.1) is 17.4 Å². The Balaban J connectivity index is 2.22. The van der Waals surface area contributed by atoms with Crippen LogP contribution in [0, 0.1) is 0 Å². The van der Waals surface area contributed by atoms with Crippen LogP contribution in [-0.2, 0) is 20.2 Å². The second kappa shape index (κ2) is 4.05. The van der Waals surface area contributed by atoms with Gasteiger partial charge in [0.1, 0.15) is 0 Å². The summed E-state index contributed by atoms with van der Waals surface area (Å²) in [4.78, 5) is 12.7. The van der Waals surface area contributed by atoms with E-state index in [-0.39, 0.29) is 5.91 Å². The maximum atomic E-state index is 12.7. The number of carbonyl (C=O) groups is 1. The molecule has 1 aromatic carbocycles. The van der Waals surface area contributed by atoms with Gasteiger partial charge < -0.3 is 5.32 Å². The number of carbonyl (C=O) groups excluding carboxylic acids is 1. The van der Waals surface area contributed by atoms with Gasteiger partial charge in [-0.3, -0.25) is 4.79 Å². The van der Waals surface area contributed by atoms with Gasteiger partial charge in [-0.2, -0.15) is 0 Å². The summed E-state index contributed by atoms with van der Waals surface area (Å²) >= 11 is 0. The highest BCUT2D eigenvalue weighted by Gasteiger charge is 2.53. The third kappa shape index (κ3) is 1.70. The molecule has 102 valence electrons. The first-order valence-corrected chi connectivity index (χ1v) is 8.17. The van der Waals surface area contributed by atoms with E-state index in [9.17, 15) is 13.2 Å². The van der Waals surface area contributed by atoms with E-state index in [2.05, 4.69) is 5.32 Å². The number of benzene rings is 1. The largest absolute Gasteiger partial charge is 0.317 e. The Hall–Kier alpha value is -1.40. The van der Waals surface area contributed by atoms with Gasteiger partial charge in [0.2, 0.25) is 10.0 Å². The Morgan fingerprint density at radius 2 is 1.84 bits per heavy atom. The Morgan fingerprint density at radius 3 is 2.47 bits per heavy atom. The van der Waals surface area contributed by atoms with E-state index in [0.717, 1.165) is 29.2 Å². The highest BCUT2D eigenvalue weighted by molar-refractivity contribution is 7.92. The number of anilines is 1. The van der Waals surface area contributed by atoms with Crippen LogP contribution in [0.5, 0.6) is 0 Å². The van der Waals surface area contributed by atoms with Gasteiger partial charge in [-0.25, -0.2) is 12.7 Å². The third-order valence-electron chi connectivity index (χ3n) is 4.02. The van der Waals surface area contributed by atoms with Gasteiger partial charge in [-0.05, 0) is 37.6 Å². The normalized spacial score (nSPS) is 21.7. The molecule has 0 aromatic heterocycles. The number of piperidine rings is 1. The van der Waals surface area contributed by atoms with Gasteiger partial charge in [0.25, 0.3) is 5.91 Å². The molecule has 2 heterocycles. The van der Waals surface area contributed by atoms with E-state index in [0.29, 0.717) is 18.5 Å². The summed E-state index contributed by atoms with van der Waals surface area (Å²) < 4.78 is 24.8. The summed E-state index contributed by atoms with van der Waals surface area (Å²) in [5.74, 6) is -0.294. The smallest absolute Gasteiger partial charge is 0.251 e. The van der Waals surface area contributed by atoms with Crippen molar-refractivity contribution in [2.75, 3.05) is 23.7 Å². The molecular weight excluding hydrogens is 264 g/mol. The van der Waals surface area contributed by atoms with Crippen LogP contribution in [0.4, 0.5) is 5.69 Å². The molecule has 2 aliphatic heterocycles. The van der Waals surface area contributed by atoms with Crippen molar-refractivity contribution >= 4 is 21.6 Å². The number of hydrogen-bond acceptors (Lipinski definition) is 4. The number of rotatable bonds is 1. The van der Waals surface area contributed by atoms with Crippen LogP contribution in [0.15, 0.2) is 24.3 Å². The van der Waals surface area contributed by atoms with Crippen LogP contribution in [0.1, 0.15) is 18.4 Å². The highest BCUT2D eigenvalue weighted by atomic mass is 32.2. The number of nitrogens with zero attached hydrogens (tertiary/aromatic N) is 1. The zero-order chi connectivity index (χ0) is 13.7. The molecule has 1 fully saturated rings. The zero-order valence-corrected chi connectivity index (χ0v) is 11.5. The van der Waals surface area contributed by atoms with Crippen LogP contribution >= 0.6 is 0 Å². The molecule has 1 aromatic rings. The predicted molar refractivity (Wildman–Crippen MR) is 72.6 cm³/mol. The first kappa shape index (κ1) is 12.6. The fourth-order valence-electron chi connectivity index (χ4n) is 3.14. The van der Waals surface area contributed by atoms with Crippen molar-refractivity contribution in [2.24, 2.45) is 0 Å². The van der Waals surface area contributed by atoms with Crippen molar-refractivity contribution < 1.29 is 13.2 Å². The highest BCUT2D eigenvalue weighted by Crippen LogP contribution is 2.47. The second-order valence-corrected chi connectivity index (χ2v) is 7.01. The Kier molecular flexibility index (Phi) is 2.69. The SMILES string of the molecule is CS(=O)(=O)N1C(=O)C2(CCNCC2)c2ccccc21. The van der Waals surface area contributed by atoms with Crippen LogP contribution in [0.2, 0.25) is 0 Å². The predicted octanol–water partition coefficient (Wildman–Crippen LogP) is 0.614. The first-order chi connectivity index (χ1) is 8.97. The minimum atomic E-state index is -3.58. The van der Waals surface area contributed by atoms with E-state index in [1.54, 1.807) is 12.1 Å². The minimum Gasteiger partial charge on any atom is -0.317 e. The van der Waals surface area contributed by atoms with Crippen molar-refractivity contribution in [3.05, 3.63) is 29.8 Å². The monoisotopic (exact) mass is 280 g/mol. The van der Waals surface area contributed by atoms with Gasteiger partial charge in [0, 0.05) is 0 Å². The van der Waals surface area contributed by atoms with Crippen molar-refractivity contribution in [1.29, 1.82) is 0 Å². The van der Waals surface area contributed by atoms with E-state index < -0.39 is 15.4 Å². The van der Waals surface area contributed by atoms with Crippen LogP contribution in [0.3, 0.4) is 0 Å². The van der Waals surface area contributed by atoms with Crippen LogP contribution in [-0.4, -0.2) is 33.7 Å². The van der Waals surface area contributed by atoms with Crippen LogP contribution in [0.25, 0.3) is 0 Å². The lowest BCUT2D eigenvalue weighted by Crippen LogP contribution is -2.48. The van der Waals surface area contributed by atoms with Gasteiger partial charge in [-0.15, -0.1) is 0 Å². The third-order valence-corrected chi connectivity index (χ3v) is 5.05. The lowest BCUT2D eigenvalue weighted by atomic mass is 9.74. The first-order valence-electron chi connectivity index (χ1n) is 6.32. The molecule has 19 heavy (non-hydrogen) atoms. The van der Waals surface area contributed by atoms with Gasteiger partial charge in [0.15, 0.2) is 0 Å². The number of nitrogens with one attached hydrogen (secondary N) is 1. The molecule has 0 saturated carbocycles. The molecule has 1 saturated heterocycles. The molecule has 0 atom stereocenters. The molecule has 0 unspecified atom stereocenters. The van der Waals surface area contributed by atoms with Gasteiger partial charge in [-0.1, -0.05) is 18.2 Å². The number of para-hydroxylation sites is 1. The van der Waals surface area contributed by atoms with E-state index in [1.807, 2.05) is 12.1 Å². The fourth-order valence-corrected chi connectivity index (χ4v) is 4.13. The van der Waals surface area contributed by atoms with Crippen molar-refractivity contribution in [1.82, 2.24) is 5.32 Å². The zero-order valence-electron chi connectivity index (χ0n) is 10.7. The molecular formula is C13H16N2O3S. The summed E-state index contributed by atoms with van der Waals surface area (Å²) in [6.45, 7) is 1.47. The lowest BCUT2D eigenvalue weighted by molar-refractivity contribution is -0.122. The van der Waals surface area contributed by atoms with Gasteiger partial charge >= 0.3 is 0 Å². The molecule has 2 aliphatic rings. The van der Waals surface area contributed by atoms with E-state index in [1.165, 1.54) is 0 Å². The molecule has 0 aliphatic carbocycles. The summed E-state index contributed by atoms with van der Waals surface area (Å²) in [6.07, 6.45) is 2.38. The van der Waals surface area contributed by atoms with E-state index >= 15 is 0 Å². The van der Waals surface area contributed by atoms with Crippen molar-refractivity contribution in [3.8, 4) is 0 Å². The molecule has 1 N–H and O–H groups in total. The minimum absolute atomic E-state index is 0.294. The molecule has 5 nitrogen and oxygen atoms in total. The molecule has 1 amide bonds. The van der Waals surface area contributed by atoms with Crippen molar-refractivity contribution in [2.45, 2.75) is 18.3 Å². The summed E-state index contributed by atoms with van der Waals surface area (Å²) in [5, 5.41) is 3.22.